The molecule has 28 heavy (non-hydrogen) atoms. The second-order valence-electron chi connectivity index (χ2n) is 7.14. The molecule has 2 N–H and O–H groups in total. The Morgan fingerprint density at radius 2 is 1.64 bits per heavy atom. The average Bonchev–Trinajstić information content (AvgIpc) is 2.84. The lowest BCUT2D eigenvalue weighted by molar-refractivity contribution is -0.114. The van der Waals surface area contributed by atoms with E-state index >= 15 is 0 Å². The molecule has 0 spiro atoms. The maximum absolute atomic E-state index is 12.7. The molecule has 1 aliphatic rings. The van der Waals surface area contributed by atoms with Gasteiger partial charge in [-0.2, -0.15) is 0 Å². The van der Waals surface area contributed by atoms with E-state index in [1.165, 1.54) is 30.2 Å². The first-order valence-electron chi connectivity index (χ1n) is 9.62. The molecule has 150 valence electrons. The number of fused-ring (bicyclic) bond motifs is 1. The van der Waals surface area contributed by atoms with Gasteiger partial charge in [-0.25, -0.2) is 8.42 Å². The van der Waals surface area contributed by atoms with Crippen LogP contribution < -0.4 is 10.0 Å². The topological polar surface area (TPSA) is 78.5 Å². The molecule has 0 unspecified atom stereocenters. The highest BCUT2D eigenvalue weighted by Gasteiger charge is 2.17. The Hall–Kier alpha value is -2.38. The minimum absolute atomic E-state index is 0.158. The number of amides is 1. The molecule has 2 aromatic rings. The number of nitrogens with one attached hydrogen (secondary N) is 2. The number of hydrogen-bond donors (Lipinski definition) is 2. The number of sulfonamides is 1. The fraction of sp³-hybridized carbons (Fsp3) is 0.381. The Morgan fingerprint density at radius 3 is 2.29 bits per heavy atom. The predicted molar refractivity (Wildman–Crippen MR) is 112 cm³/mol. The lowest BCUT2D eigenvalue weighted by Crippen LogP contribution is -2.27. The lowest BCUT2D eigenvalue weighted by Gasteiger charge is -2.18. The zero-order valence-electron chi connectivity index (χ0n) is 16.4. The van der Waals surface area contributed by atoms with Crippen molar-refractivity contribution >= 4 is 27.3 Å². The second kappa shape index (κ2) is 8.75. The van der Waals surface area contributed by atoms with Gasteiger partial charge >= 0.3 is 0 Å². The molecule has 1 aliphatic heterocycles. The molecular weight excluding hydrogens is 374 g/mol. The molecule has 0 saturated heterocycles. The zero-order valence-corrected chi connectivity index (χ0v) is 17.2. The van der Waals surface area contributed by atoms with Gasteiger partial charge in [-0.15, -0.1) is 0 Å². The van der Waals surface area contributed by atoms with Crippen LogP contribution in [0.15, 0.2) is 47.4 Å². The second-order valence-corrected chi connectivity index (χ2v) is 8.82. The molecular formula is C21H27N3O3S. The number of rotatable bonds is 6. The van der Waals surface area contributed by atoms with Crippen molar-refractivity contribution in [3.8, 4) is 0 Å². The number of anilines is 2. The highest BCUT2D eigenvalue weighted by molar-refractivity contribution is 7.92. The Kier molecular flexibility index (Phi) is 6.36. The van der Waals surface area contributed by atoms with E-state index in [-0.39, 0.29) is 10.8 Å². The first-order valence-corrected chi connectivity index (χ1v) is 11.1. The summed E-state index contributed by atoms with van der Waals surface area (Å²) in [4.78, 5) is 13.7. The number of nitrogens with zero attached hydrogens (tertiary/aromatic N) is 1. The van der Waals surface area contributed by atoms with Crippen LogP contribution in [0.1, 0.15) is 31.4 Å². The molecule has 1 amide bonds. The van der Waals surface area contributed by atoms with Crippen LogP contribution in [-0.4, -0.2) is 38.9 Å². The molecule has 1 heterocycles. The van der Waals surface area contributed by atoms with Gasteiger partial charge in [0.1, 0.15) is 0 Å². The molecule has 0 atom stereocenters. The number of carbonyl (C=O) groups excluding carboxylic acids is 1. The summed E-state index contributed by atoms with van der Waals surface area (Å²) in [5.41, 5.74) is 3.64. The molecule has 0 radical (unpaired) electrons. The van der Waals surface area contributed by atoms with Gasteiger partial charge in [0, 0.05) is 31.4 Å². The van der Waals surface area contributed by atoms with E-state index in [0.29, 0.717) is 11.4 Å². The summed E-state index contributed by atoms with van der Waals surface area (Å²) < 4.78 is 28.1. The van der Waals surface area contributed by atoms with Gasteiger partial charge in [-0.1, -0.05) is 13.0 Å². The SMILES string of the molecule is CCCN1CCc2ccc(NS(=O)(=O)c3ccc(NC(C)=O)cc3)cc2CC1. The standard InChI is InChI=1S/C21H27N3O3S/c1-3-12-24-13-10-17-4-5-20(15-18(17)11-14-24)23-28(26,27)21-8-6-19(7-9-21)22-16(2)25/h4-9,15,23H,3,10-14H2,1-2H3,(H,22,25). The Bertz CT molecular complexity index is 940. The van der Waals surface area contributed by atoms with E-state index in [9.17, 15) is 13.2 Å². The van der Waals surface area contributed by atoms with Crippen molar-refractivity contribution in [1.82, 2.24) is 4.90 Å². The fourth-order valence-corrected chi connectivity index (χ4v) is 4.56. The summed E-state index contributed by atoms with van der Waals surface area (Å²) in [5.74, 6) is -0.198. The summed E-state index contributed by atoms with van der Waals surface area (Å²) in [6.45, 7) is 6.75. The van der Waals surface area contributed by atoms with E-state index in [4.69, 9.17) is 0 Å². The molecule has 0 bridgehead atoms. The molecule has 0 saturated carbocycles. The first-order chi connectivity index (χ1) is 13.4. The summed E-state index contributed by atoms with van der Waals surface area (Å²) in [6.07, 6.45) is 3.06. The highest BCUT2D eigenvalue weighted by Crippen LogP contribution is 2.23. The van der Waals surface area contributed by atoms with Crippen LogP contribution in [-0.2, 0) is 27.7 Å². The van der Waals surface area contributed by atoms with Crippen LogP contribution in [0.2, 0.25) is 0 Å². The smallest absolute Gasteiger partial charge is 0.261 e. The van der Waals surface area contributed by atoms with Gasteiger partial charge in [0.15, 0.2) is 0 Å². The van der Waals surface area contributed by atoms with E-state index in [2.05, 4.69) is 21.9 Å². The summed E-state index contributed by atoms with van der Waals surface area (Å²) in [5, 5.41) is 2.63. The van der Waals surface area contributed by atoms with E-state index in [0.717, 1.165) is 38.9 Å². The third-order valence-electron chi connectivity index (χ3n) is 4.88. The van der Waals surface area contributed by atoms with Crippen LogP contribution in [0.3, 0.4) is 0 Å². The summed E-state index contributed by atoms with van der Waals surface area (Å²) in [6, 6.07) is 11.9. The predicted octanol–water partition coefficient (Wildman–Crippen LogP) is 3.26. The number of carbonyl (C=O) groups is 1. The van der Waals surface area contributed by atoms with E-state index < -0.39 is 10.0 Å². The number of benzene rings is 2. The molecule has 2 aromatic carbocycles. The van der Waals surface area contributed by atoms with E-state index in [1.54, 1.807) is 12.1 Å². The quantitative estimate of drug-likeness (QED) is 0.779. The minimum Gasteiger partial charge on any atom is -0.326 e. The highest BCUT2D eigenvalue weighted by atomic mass is 32.2. The van der Waals surface area contributed by atoms with Crippen LogP contribution >= 0.6 is 0 Å². The van der Waals surface area contributed by atoms with Crippen LogP contribution in [0.25, 0.3) is 0 Å². The van der Waals surface area contributed by atoms with Gasteiger partial charge in [0.25, 0.3) is 10.0 Å². The summed E-state index contributed by atoms with van der Waals surface area (Å²) >= 11 is 0. The maximum Gasteiger partial charge on any atom is 0.261 e. The third kappa shape index (κ3) is 5.11. The zero-order chi connectivity index (χ0) is 20.1. The van der Waals surface area contributed by atoms with Crippen molar-refractivity contribution in [2.24, 2.45) is 0 Å². The normalized spacial score (nSPS) is 14.8. The molecule has 3 rings (SSSR count). The largest absolute Gasteiger partial charge is 0.326 e. The van der Waals surface area contributed by atoms with Gasteiger partial charge in [-0.05, 0) is 73.3 Å². The Balaban J connectivity index is 1.74. The van der Waals surface area contributed by atoms with Gasteiger partial charge in [0.05, 0.1) is 4.90 Å². The van der Waals surface area contributed by atoms with Gasteiger partial charge in [0.2, 0.25) is 5.91 Å². The van der Waals surface area contributed by atoms with Crippen molar-refractivity contribution in [1.29, 1.82) is 0 Å². The fourth-order valence-electron chi connectivity index (χ4n) is 3.51. The molecule has 0 aromatic heterocycles. The third-order valence-corrected chi connectivity index (χ3v) is 6.28. The van der Waals surface area contributed by atoms with Crippen molar-refractivity contribution in [3.05, 3.63) is 53.6 Å². The van der Waals surface area contributed by atoms with Crippen molar-refractivity contribution in [3.63, 3.8) is 0 Å². The Morgan fingerprint density at radius 1 is 1.00 bits per heavy atom. The Labute approximate surface area is 167 Å². The summed E-state index contributed by atoms with van der Waals surface area (Å²) in [7, 11) is -3.69. The van der Waals surface area contributed by atoms with E-state index in [1.807, 2.05) is 18.2 Å². The molecule has 6 nitrogen and oxygen atoms in total. The van der Waals surface area contributed by atoms with Crippen LogP contribution in [0.5, 0.6) is 0 Å². The lowest BCUT2D eigenvalue weighted by atomic mass is 10.0. The monoisotopic (exact) mass is 401 g/mol. The molecule has 0 fully saturated rings. The minimum atomic E-state index is -3.69. The molecule has 0 aliphatic carbocycles. The van der Waals surface area contributed by atoms with Crippen LogP contribution in [0, 0.1) is 0 Å². The van der Waals surface area contributed by atoms with Crippen molar-refractivity contribution in [2.75, 3.05) is 29.7 Å². The number of hydrogen-bond acceptors (Lipinski definition) is 4. The maximum atomic E-state index is 12.7. The van der Waals surface area contributed by atoms with Crippen molar-refractivity contribution in [2.45, 2.75) is 38.0 Å². The van der Waals surface area contributed by atoms with Crippen molar-refractivity contribution < 1.29 is 13.2 Å². The first kappa shape index (κ1) is 20.4. The van der Waals surface area contributed by atoms with Crippen LogP contribution in [0.4, 0.5) is 11.4 Å². The van der Waals surface area contributed by atoms with Gasteiger partial charge in [-0.3, -0.25) is 9.52 Å². The average molecular weight is 402 g/mol. The molecule has 7 heteroatoms. The van der Waals surface area contributed by atoms with Gasteiger partial charge < -0.3 is 10.2 Å².